The Balaban J connectivity index is 1.85. The molecule has 1 atom stereocenters. The first-order chi connectivity index (χ1) is 15.3. The summed E-state index contributed by atoms with van der Waals surface area (Å²) in [7, 11) is 0. The third-order valence-corrected chi connectivity index (χ3v) is 6.34. The molecule has 1 saturated carbocycles. The summed E-state index contributed by atoms with van der Waals surface area (Å²) in [4.78, 5) is 38.5. The highest BCUT2D eigenvalue weighted by atomic mass is 35.5. The Morgan fingerprint density at radius 3 is 2.50 bits per heavy atom. The maximum atomic E-state index is 13.3. The highest BCUT2D eigenvalue weighted by Crippen LogP contribution is 2.25. The van der Waals surface area contributed by atoms with E-state index in [1.54, 1.807) is 43.3 Å². The SMILES string of the molecule is C[C@@H](C(=O)NC1CCCC1)N(Cc1ccc(Cl)cc1Cl)C(=O)Cc1ccccc1[N+](=O)[O-]. The van der Waals surface area contributed by atoms with Gasteiger partial charge in [0.15, 0.2) is 0 Å². The number of halogens is 2. The standard InChI is InChI=1S/C23H25Cl2N3O4/c1-15(23(30)26-19-7-3-4-8-19)27(14-17-10-11-18(24)13-20(17)25)22(29)12-16-6-2-5-9-21(16)28(31)32/h2,5-6,9-11,13,15,19H,3-4,7-8,12,14H2,1H3,(H,26,30)/t15-/m0/s1. The smallest absolute Gasteiger partial charge is 0.273 e. The van der Waals surface area contributed by atoms with Crippen LogP contribution in [0.3, 0.4) is 0 Å². The van der Waals surface area contributed by atoms with E-state index >= 15 is 0 Å². The third-order valence-electron chi connectivity index (χ3n) is 5.75. The molecule has 2 aromatic carbocycles. The monoisotopic (exact) mass is 477 g/mol. The molecule has 0 aliphatic heterocycles. The minimum atomic E-state index is -0.780. The van der Waals surface area contributed by atoms with E-state index < -0.39 is 16.9 Å². The fourth-order valence-electron chi connectivity index (χ4n) is 3.91. The van der Waals surface area contributed by atoms with E-state index in [1.165, 1.54) is 11.0 Å². The van der Waals surface area contributed by atoms with Gasteiger partial charge < -0.3 is 10.2 Å². The molecule has 32 heavy (non-hydrogen) atoms. The van der Waals surface area contributed by atoms with Gasteiger partial charge in [0.1, 0.15) is 6.04 Å². The van der Waals surface area contributed by atoms with E-state index in [0.717, 1.165) is 25.7 Å². The lowest BCUT2D eigenvalue weighted by Gasteiger charge is -2.30. The van der Waals surface area contributed by atoms with E-state index in [-0.39, 0.29) is 36.2 Å². The van der Waals surface area contributed by atoms with Gasteiger partial charge >= 0.3 is 0 Å². The first-order valence-corrected chi connectivity index (χ1v) is 11.3. The van der Waals surface area contributed by atoms with Gasteiger partial charge in [-0.05, 0) is 37.5 Å². The minimum Gasteiger partial charge on any atom is -0.352 e. The van der Waals surface area contributed by atoms with Crippen molar-refractivity contribution in [2.24, 2.45) is 0 Å². The first-order valence-electron chi connectivity index (χ1n) is 10.5. The number of carbonyl (C=O) groups is 2. The maximum Gasteiger partial charge on any atom is 0.273 e. The Morgan fingerprint density at radius 1 is 1.16 bits per heavy atom. The second-order valence-corrected chi connectivity index (χ2v) is 8.83. The van der Waals surface area contributed by atoms with Gasteiger partial charge in [0.05, 0.1) is 11.3 Å². The molecule has 9 heteroatoms. The molecule has 0 unspecified atom stereocenters. The van der Waals surface area contributed by atoms with Crippen LogP contribution in [0, 0.1) is 10.1 Å². The average molecular weight is 478 g/mol. The third kappa shape index (κ3) is 5.99. The number of nitrogens with zero attached hydrogens (tertiary/aromatic N) is 2. The fraction of sp³-hybridized carbons (Fsp3) is 0.391. The molecule has 1 fully saturated rings. The molecule has 0 heterocycles. The minimum absolute atomic E-state index is 0.0781. The van der Waals surface area contributed by atoms with Crippen molar-refractivity contribution in [3.05, 3.63) is 73.8 Å². The van der Waals surface area contributed by atoms with E-state index in [0.29, 0.717) is 15.6 Å². The van der Waals surface area contributed by atoms with E-state index in [9.17, 15) is 19.7 Å². The Kier molecular flexibility index (Phi) is 8.10. The molecule has 0 radical (unpaired) electrons. The average Bonchev–Trinajstić information content (AvgIpc) is 3.26. The first kappa shape index (κ1) is 24.0. The summed E-state index contributed by atoms with van der Waals surface area (Å²) in [6.07, 6.45) is 3.78. The zero-order valence-electron chi connectivity index (χ0n) is 17.7. The number of carbonyl (C=O) groups excluding carboxylic acids is 2. The number of nitro benzene ring substituents is 1. The van der Waals surface area contributed by atoms with Crippen molar-refractivity contribution in [1.29, 1.82) is 0 Å². The lowest BCUT2D eigenvalue weighted by atomic mass is 10.1. The van der Waals surface area contributed by atoms with Crippen LogP contribution in [0.15, 0.2) is 42.5 Å². The van der Waals surface area contributed by atoms with Crippen molar-refractivity contribution in [3.8, 4) is 0 Å². The van der Waals surface area contributed by atoms with Crippen LogP contribution in [-0.4, -0.2) is 33.7 Å². The van der Waals surface area contributed by atoms with Crippen LogP contribution in [-0.2, 0) is 22.6 Å². The van der Waals surface area contributed by atoms with Crippen molar-refractivity contribution < 1.29 is 14.5 Å². The summed E-state index contributed by atoms with van der Waals surface area (Å²) in [6.45, 7) is 1.74. The molecule has 170 valence electrons. The van der Waals surface area contributed by atoms with Gasteiger partial charge in [-0.2, -0.15) is 0 Å². The molecule has 1 N–H and O–H groups in total. The zero-order valence-corrected chi connectivity index (χ0v) is 19.2. The number of nitro groups is 1. The largest absolute Gasteiger partial charge is 0.352 e. The van der Waals surface area contributed by atoms with Crippen molar-refractivity contribution >= 4 is 40.7 Å². The van der Waals surface area contributed by atoms with Crippen molar-refractivity contribution in [3.63, 3.8) is 0 Å². The molecule has 0 bridgehead atoms. The predicted octanol–water partition coefficient (Wildman–Crippen LogP) is 4.92. The van der Waals surface area contributed by atoms with Gasteiger partial charge in [0.25, 0.3) is 5.69 Å². The maximum absolute atomic E-state index is 13.3. The van der Waals surface area contributed by atoms with Crippen LogP contribution in [0.5, 0.6) is 0 Å². The molecule has 0 spiro atoms. The highest BCUT2D eigenvalue weighted by molar-refractivity contribution is 6.35. The molecular formula is C23H25Cl2N3O4. The molecule has 3 rings (SSSR count). The summed E-state index contributed by atoms with van der Waals surface area (Å²) < 4.78 is 0. The number of hydrogen-bond donors (Lipinski definition) is 1. The van der Waals surface area contributed by atoms with E-state index in [1.807, 2.05) is 0 Å². The Labute approximate surface area is 196 Å². The molecule has 1 aliphatic carbocycles. The highest BCUT2D eigenvalue weighted by Gasteiger charge is 2.30. The van der Waals surface area contributed by atoms with Gasteiger partial charge in [0.2, 0.25) is 11.8 Å². The summed E-state index contributed by atoms with van der Waals surface area (Å²) >= 11 is 12.3. The predicted molar refractivity (Wildman–Crippen MR) is 124 cm³/mol. The number of rotatable bonds is 8. The molecule has 0 aromatic heterocycles. The number of amides is 2. The normalized spacial score (nSPS) is 14.7. The Morgan fingerprint density at radius 2 is 1.84 bits per heavy atom. The van der Waals surface area contributed by atoms with Crippen LogP contribution < -0.4 is 5.32 Å². The number of nitrogens with one attached hydrogen (secondary N) is 1. The van der Waals surface area contributed by atoms with Crippen LogP contribution in [0.4, 0.5) is 5.69 Å². The Bertz CT molecular complexity index is 1010. The summed E-state index contributed by atoms with van der Waals surface area (Å²) in [5, 5.41) is 15.2. The van der Waals surface area contributed by atoms with Crippen molar-refractivity contribution in [1.82, 2.24) is 10.2 Å². The van der Waals surface area contributed by atoms with Crippen LogP contribution in [0.1, 0.15) is 43.7 Å². The van der Waals surface area contributed by atoms with E-state index in [4.69, 9.17) is 23.2 Å². The van der Waals surface area contributed by atoms with Gasteiger partial charge in [-0.3, -0.25) is 19.7 Å². The van der Waals surface area contributed by atoms with Crippen LogP contribution >= 0.6 is 23.2 Å². The lowest BCUT2D eigenvalue weighted by Crippen LogP contribution is -2.50. The van der Waals surface area contributed by atoms with Crippen LogP contribution in [0.25, 0.3) is 0 Å². The van der Waals surface area contributed by atoms with Gasteiger partial charge in [0, 0.05) is 34.3 Å². The molecule has 2 amide bonds. The second-order valence-electron chi connectivity index (χ2n) is 7.99. The van der Waals surface area contributed by atoms with Crippen LogP contribution in [0.2, 0.25) is 10.0 Å². The van der Waals surface area contributed by atoms with Gasteiger partial charge in [-0.1, -0.05) is 60.3 Å². The zero-order chi connectivity index (χ0) is 23.3. The molecule has 0 saturated heterocycles. The lowest BCUT2D eigenvalue weighted by molar-refractivity contribution is -0.385. The fourth-order valence-corrected chi connectivity index (χ4v) is 4.38. The molecule has 7 nitrogen and oxygen atoms in total. The molecule has 1 aliphatic rings. The Hall–Kier alpha value is -2.64. The summed E-state index contributed by atoms with van der Waals surface area (Å²) in [5.74, 6) is -0.655. The molecule has 2 aromatic rings. The second kappa shape index (κ2) is 10.8. The number of hydrogen-bond acceptors (Lipinski definition) is 4. The van der Waals surface area contributed by atoms with Crippen molar-refractivity contribution in [2.75, 3.05) is 0 Å². The quantitative estimate of drug-likeness (QED) is 0.431. The summed E-state index contributed by atoms with van der Waals surface area (Å²) in [5.41, 5.74) is 0.791. The molecular weight excluding hydrogens is 453 g/mol. The van der Waals surface area contributed by atoms with E-state index in [2.05, 4.69) is 5.32 Å². The van der Waals surface area contributed by atoms with Crippen molar-refractivity contribution in [2.45, 2.75) is 57.7 Å². The number of para-hydroxylation sites is 1. The topological polar surface area (TPSA) is 92.6 Å². The van der Waals surface area contributed by atoms with Gasteiger partial charge in [-0.15, -0.1) is 0 Å². The summed E-state index contributed by atoms with van der Waals surface area (Å²) in [6, 6.07) is 10.4. The number of benzene rings is 2. The van der Waals surface area contributed by atoms with Gasteiger partial charge in [-0.25, -0.2) is 0 Å².